The molecule has 0 spiro atoms. The van der Waals surface area contributed by atoms with Crippen LogP contribution in [0.15, 0.2) is 72.9 Å². The molecule has 0 aliphatic rings. The standard InChI is InChI=1S/C62H108O6/c1-4-7-10-13-16-19-22-25-27-29-31-33-34-37-40-43-46-49-52-55-61(64)67-58-59(57-66-60(63)54-51-48-45-42-39-36-24-21-18-15-12-9-6-3)68-62(65)56-53-50-47-44-41-38-35-32-30-28-26-23-20-17-14-11-8-5-2/h9,12,15,18,21,24,28,30,32,35-36,39,59H,4-8,10-11,13-14,16-17,19-20,22-23,25-27,29,31,33-34,37-38,40-58H2,1-3H3/b12-9-,18-15-,24-21-,30-28-,35-32-,39-36-. The molecule has 0 saturated carbocycles. The highest BCUT2D eigenvalue weighted by atomic mass is 16.6. The Balaban J connectivity index is 4.40. The minimum Gasteiger partial charge on any atom is -0.462 e. The lowest BCUT2D eigenvalue weighted by Gasteiger charge is -2.18. The van der Waals surface area contributed by atoms with Crippen LogP contribution in [0.1, 0.15) is 284 Å². The third-order valence-corrected chi connectivity index (χ3v) is 12.6. The van der Waals surface area contributed by atoms with Crippen LogP contribution in [0.5, 0.6) is 0 Å². The van der Waals surface area contributed by atoms with Crippen LogP contribution in [0.25, 0.3) is 0 Å². The van der Waals surface area contributed by atoms with Crippen LogP contribution in [0, 0.1) is 0 Å². The van der Waals surface area contributed by atoms with Gasteiger partial charge in [-0.05, 0) is 64.2 Å². The molecule has 0 bridgehead atoms. The molecule has 0 saturated heterocycles. The second-order valence-electron chi connectivity index (χ2n) is 19.3. The van der Waals surface area contributed by atoms with E-state index in [1.54, 1.807) is 0 Å². The summed E-state index contributed by atoms with van der Waals surface area (Å²) >= 11 is 0. The van der Waals surface area contributed by atoms with Crippen LogP contribution < -0.4 is 0 Å². The fraction of sp³-hybridized carbons (Fsp3) is 0.758. The molecule has 0 aromatic heterocycles. The quantitative estimate of drug-likeness (QED) is 0.0262. The van der Waals surface area contributed by atoms with Crippen molar-refractivity contribution in [3.8, 4) is 0 Å². The van der Waals surface area contributed by atoms with Crippen LogP contribution in [-0.2, 0) is 28.6 Å². The molecular formula is C62H108O6. The average molecular weight is 950 g/mol. The third-order valence-electron chi connectivity index (χ3n) is 12.6. The smallest absolute Gasteiger partial charge is 0.306 e. The predicted octanol–water partition coefficient (Wildman–Crippen LogP) is 19.4. The molecule has 0 N–H and O–H groups in total. The monoisotopic (exact) mass is 949 g/mol. The molecule has 0 amide bonds. The summed E-state index contributed by atoms with van der Waals surface area (Å²) < 4.78 is 16.8. The van der Waals surface area contributed by atoms with Crippen LogP contribution in [-0.4, -0.2) is 37.2 Å². The Kier molecular flexibility index (Phi) is 53.8. The SMILES string of the molecule is CC\C=C/C=C\C=C/C=C\CCCCCC(=O)OCC(COC(=O)CCCCCCCCCCCCCCCCCCCCC)OC(=O)CCCCCCC/C=C\C=C/CCCCCCCCC. The van der Waals surface area contributed by atoms with Crippen molar-refractivity contribution < 1.29 is 28.6 Å². The molecule has 0 radical (unpaired) electrons. The Morgan fingerprint density at radius 2 is 0.574 bits per heavy atom. The minimum absolute atomic E-state index is 0.0924. The summed E-state index contributed by atoms with van der Waals surface area (Å²) in [6.45, 7) is 6.47. The van der Waals surface area contributed by atoms with Crippen LogP contribution in [0.2, 0.25) is 0 Å². The van der Waals surface area contributed by atoms with E-state index in [0.717, 1.165) is 89.9 Å². The van der Waals surface area contributed by atoms with Crippen molar-refractivity contribution in [3.63, 3.8) is 0 Å². The lowest BCUT2D eigenvalue weighted by molar-refractivity contribution is -0.167. The molecule has 6 heteroatoms. The maximum absolute atomic E-state index is 12.8. The lowest BCUT2D eigenvalue weighted by Crippen LogP contribution is -2.30. The minimum atomic E-state index is -0.799. The number of hydrogen-bond acceptors (Lipinski definition) is 6. The number of carbonyl (C=O) groups excluding carboxylic acids is 3. The Bertz CT molecular complexity index is 1270. The first-order valence-corrected chi connectivity index (χ1v) is 29.0. The fourth-order valence-corrected chi connectivity index (χ4v) is 8.21. The van der Waals surface area contributed by atoms with E-state index in [2.05, 4.69) is 63.3 Å². The van der Waals surface area contributed by atoms with Gasteiger partial charge >= 0.3 is 17.9 Å². The first-order chi connectivity index (χ1) is 33.5. The summed E-state index contributed by atoms with van der Waals surface area (Å²) in [5.74, 6) is -0.938. The van der Waals surface area contributed by atoms with E-state index in [1.165, 1.54) is 154 Å². The zero-order chi connectivity index (χ0) is 49.3. The highest BCUT2D eigenvalue weighted by Gasteiger charge is 2.19. The summed E-state index contributed by atoms with van der Waals surface area (Å²) in [4.78, 5) is 38.1. The molecule has 0 aliphatic heterocycles. The van der Waals surface area contributed by atoms with Gasteiger partial charge in [0, 0.05) is 19.3 Å². The third kappa shape index (κ3) is 53.8. The Morgan fingerprint density at radius 1 is 0.309 bits per heavy atom. The number of unbranched alkanes of at least 4 members (excludes halogenated alkanes) is 33. The van der Waals surface area contributed by atoms with Gasteiger partial charge in [0.25, 0.3) is 0 Å². The summed E-state index contributed by atoms with van der Waals surface area (Å²) in [7, 11) is 0. The van der Waals surface area contributed by atoms with Gasteiger partial charge in [-0.25, -0.2) is 0 Å². The van der Waals surface area contributed by atoms with Gasteiger partial charge in [-0.15, -0.1) is 0 Å². The number of ether oxygens (including phenoxy) is 3. The first kappa shape index (κ1) is 64.8. The predicted molar refractivity (Wildman–Crippen MR) is 293 cm³/mol. The van der Waals surface area contributed by atoms with Gasteiger partial charge in [0.15, 0.2) is 6.10 Å². The van der Waals surface area contributed by atoms with Gasteiger partial charge in [-0.2, -0.15) is 0 Å². The molecule has 0 aromatic rings. The van der Waals surface area contributed by atoms with Gasteiger partial charge < -0.3 is 14.2 Å². The van der Waals surface area contributed by atoms with Crippen molar-refractivity contribution in [1.29, 1.82) is 0 Å². The molecule has 68 heavy (non-hydrogen) atoms. The molecular weight excluding hydrogens is 841 g/mol. The van der Waals surface area contributed by atoms with Crippen molar-refractivity contribution in [2.75, 3.05) is 13.2 Å². The van der Waals surface area contributed by atoms with E-state index in [-0.39, 0.29) is 31.1 Å². The van der Waals surface area contributed by atoms with Gasteiger partial charge in [0.1, 0.15) is 13.2 Å². The van der Waals surface area contributed by atoms with Crippen LogP contribution in [0.3, 0.4) is 0 Å². The average Bonchev–Trinajstić information content (AvgIpc) is 3.34. The van der Waals surface area contributed by atoms with Crippen molar-refractivity contribution >= 4 is 17.9 Å². The highest BCUT2D eigenvalue weighted by molar-refractivity contribution is 5.71. The van der Waals surface area contributed by atoms with E-state index in [0.29, 0.717) is 19.3 Å². The van der Waals surface area contributed by atoms with Gasteiger partial charge in [-0.1, -0.05) is 273 Å². The molecule has 392 valence electrons. The molecule has 0 fully saturated rings. The number of rotatable bonds is 52. The van der Waals surface area contributed by atoms with E-state index in [1.807, 2.05) is 30.4 Å². The summed E-state index contributed by atoms with van der Waals surface area (Å²) in [5, 5.41) is 0. The zero-order valence-electron chi connectivity index (χ0n) is 44.9. The van der Waals surface area contributed by atoms with Crippen LogP contribution in [0.4, 0.5) is 0 Å². The topological polar surface area (TPSA) is 78.9 Å². The Labute approximate surface area is 421 Å². The lowest BCUT2D eigenvalue weighted by atomic mass is 10.0. The van der Waals surface area contributed by atoms with Crippen molar-refractivity contribution in [3.05, 3.63) is 72.9 Å². The number of hydrogen-bond donors (Lipinski definition) is 0. The number of carbonyl (C=O) groups is 3. The largest absolute Gasteiger partial charge is 0.462 e. The Morgan fingerprint density at radius 3 is 0.926 bits per heavy atom. The van der Waals surface area contributed by atoms with Crippen molar-refractivity contribution in [1.82, 2.24) is 0 Å². The molecule has 0 aromatic carbocycles. The second kappa shape index (κ2) is 56.4. The maximum atomic E-state index is 12.8. The number of esters is 3. The fourth-order valence-electron chi connectivity index (χ4n) is 8.21. The summed E-state index contributed by atoms with van der Waals surface area (Å²) in [6.07, 6.45) is 71.8. The van der Waals surface area contributed by atoms with Crippen molar-refractivity contribution in [2.24, 2.45) is 0 Å². The molecule has 6 nitrogen and oxygen atoms in total. The van der Waals surface area contributed by atoms with E-state index in [9.17, 15) is 14.4 Å². The summed E-state index contributed by atoms with van der Waals surface area (Å²) in [6, 6.07) is 0. The zero-order valence-corrected chi connectivity index (χ0v) is 44.9. The van der Waals surface area contributed by atoms with Crippen molar-refractivity contribution in [2.45, 2.75) is 290 Å². The second-order valence-corrected chi connectivity index (χ2v) is 19.3. The maximum Gasteiger partial charge on any atom is 0.306 e. The van der Waals surface area contributed by atoms with Gasteiger partial charge in [-0.3, -0.25) is 14.4 Å². The highest BCUT2D eigenvalue weighted by Crippen LogP contribution is 2.16. The van der Waals surface area contributed by atoms with E-state index < -0.39 is 6.10 Å². The van der Waals surface area contributed by atoms with E-state index >= 15 is 0 Å². The molecule has 1 unspecified atom stereocenters. The molecule has 0 heterocycles. The molecule has 1 atom stereocenters. The number of allylic oxidation sites excluding steroid dienone is 12. The van der Waals surface area contributed by atoms with Crippen LogP contribution >= 0.6 is 0 Å². The normalized spacial score (nSPS) is 12.6. The van der Waals surface area contributed by atoms with Gasteiger partial charge in [0.05, 0.1) is 0 Å². The van der Waals surface area contributed by atoms with E-state index in [4.69, 9.17) is 14.2 Å². The first-order valence-electron chi connectivity index (χ1n) is 29.0. The molecule has 0 aliphatic carbocycles. The summed E-state index contributed by atoms with van der Waals surface area (Å²) in [5.41, 5.74) is 0. The molecule has 0 rings (SSSR count). The Hall–Kier alpha value is -3.15. The van der Waals surface area contributed by atoms with Gasteiger partial charge in [0.2, 0.25) is 0 Å².